The molecule has 1 aromatic carbocycles. The number of hydrogen-bond donors (Lipinski definition) is 0. The highest BCUT2D eigenvalue weighted by atomic mass is 79.9. The number of alkyl halides is 3. The summed E-state index contributed by atoms with van der Waals surface area (Å²) in [4.78, 5) is 3.96. The van der Waals surface area contributed by atoms with Gasteiger partial charge in [0.05, 0.1) is 15.7 Å². The largest absolute Gasteiger partial charge is 0.432 e. The smallest absolute Gasteiger partial charge is 0.331 e. The first-order chi connectivity index (χ1) is 12.7. The summed E-state index contributed by atoms with van der Waals surface area (Å²) >= 11 is 15.9. The lowest BCUT2D eigenvalue weighted by atomic mass is 10.1. The molecule has 0 aliphatic carbocycles. The molecule has 0 atom stereocenters. The summed E-state index contributed by atoms with van der Waals surface area (Å²) in [6.07, 6.45) is -3.19. The van der Waals surface area contributed by atoms with Crippen molar-refractivity contribution in [2.24, 2.45) is 4.99 Å². The zero-order valence-corrected chi connectivity index (χ0v) is 17.2. The monoisotopic (exact) mass is 493 g/mol. The van der Waals surface area contributed by atoms with Crippen molar-refractivity contribution in [2.75, 3.05) is 5.75 Å². The maximum absolute atomic E-state index is 13.8. The lowest BCUT2D eigenvalue weighted by molar-refractivity contribution is -0.143. The standard InChI is InChI=1S/C17H9BrCl2F3N3S/c18-13-12(5-24)14(10-1-3-11(19)4-2-10)26(15(13)17(21,22)23)7-9-6-25-16(20)27-8-9/h1-4,6H,7-8H2. The first-order valence-electron chi connectivity index (χ1n) is 7.41. The normalized spacial score (nSPS) is 14.6. The van der Waals surface area contributed by atoms with E-state index in [9.17, 15) is 18.4 Å². The Balaban J connectivity index is 2.25. The number of thioether (sulfide) groups is 1. The van der Waals surface area contributed by atoms with Crippen LogP contribution < -0.4 is 0 Å². The van der Waals surface area contributed by atoms with Gasteiger partial charge in [-0.3, -0.25) is 0 Å². The van der Waals surface area contributed by atoms with E-state index in [2.05, 4.69) is 20.9 Å². The summed E-state index contributed by atoms with van der Waals surface area (Å²) in [5.74, 6) is 0.414. The zero-order chi connectivity index (χ0) is 19.8. The number of benzene rings is 1. The summed E-state index contributed by atoms with van der Waals surface area (Å²) in [6.45, 7) is -0.0756. The Morgan fingerprint density at radius 2 is 1.93 bits per heavy atom. The molecule has 0 saturated heterocycles. The number of aromatic nitrogens is 1. The number of rotatable bonds is 3. The van der Waals surface area contributed by atoms with Gasteiger partial charge in [-0.05, 0) is 39.2 Å². The Hall–Kier alpha value is -1.40. The molecule has 10 heteroatoms. The molecular weight excluding hydrogens is 486 g/mol. The molecule has 0 spiro atoms. The summed E-state index contributed by atoms with van der Waals surface area (Å²) in [6, 6.07) is 8.18. The maximum Gasteiger partial charge on any atom is 0.432 e. The summed E-state index contributed by atoms with van der Waals surface area (Å²) in [7, 11) is 0. The predicted molar refractivity (Wildman–Crippen MR) is 106 cm³/mol. The molecule has 1 aliphatic rings. The second-order valence-corrected chi connectivity index (χ2v) is 8.32. The summed E-state index contributed by atoms with van der Waals surface area (Å²) in [5.41, 5.74) is 0.264. The molecule has 0 fully saturated rings. The van der Waals surface area contributed by atoms with Gasteiger partial charge in [0.2, 0.25) is 0 Å². The minimum absolute atomic E-state index is 0.0756. The van der Waals surface area contributed by atoms with E-state index in [-0.39, 0.29) is 22.3 Å². The molecule has 0 amide bonds. The van der Waals surface area contributed by atoms with Crippen molar-refractivity contribution in [3.8, 4) is 17.3 Å². The summed E-state index contributed by atoms with van der Waals surface area (Å²) in [5, 5.41) is 9.96. The zero-order valence-electron chi connectivity index (χ0n) is 13.3. The molecule has 0 saturated carbocycles. The van der Waals surface area contributed by atoms with Gasteiger partial charge in [0.25, 0.3) is 0 Å². The molecule has 2 heterocycles. The van der Waals surface area contributed by atoms with Gasteiger partial charge >= 0.3 is 6.18 Å². The number of aliphatic imine (C=N–C) groups is 1. The Kier molecular flexibility index (Phi) is 5.96. The van der Waals surface area contributed by atoms with Gasteiger partial charge in [-0.1, -0.05) is 47.1 Å². The second-order valence-electron chi connectivity index (χ2n) is 5.55. The average molecular weight is 495 g/mol. The fraction of sp³-hybridized carbons (Fsp3) is 0.176. The molecule has 1 aromatic heterocycles. The van der Waals surface area contributed by atoms with Crippen LogP contribution in [0.2, 0.25) is 5.02 Å². The Morgan fingerprint density at radius 3 is 2.44 bits per heavy atom. The Bertz CT molecular complexity index is 989. The maximum atomic E-state index is 13.8. The Morgan fingerprint density at radius 1 is 1.26 bits per heavy atom. The van der Waals surface area contributed by atoms with Gasteiger partial charge < -0.3 is 4.57 Å². The molecule has 140 valence electrons. The quantitative estimate of drug-likeness (QED) is 0.477. The molecule has 0 N–H and O–H groups in total. The van der Waals surface area contributed by atoms with Crippen LogP contribution in [0.3, 0.4) is 0 Å². The minimum Gasteiger partial charge on any atom is -0.331 e. The van der Waals surface area contributed by atoms with E-state index in [1.54, 1.807) is 24.3 Å². The van der Waals surface area contributed by atoms with Crippen LogP contribution in [-0.2, 0) is 12.7 Å². The van der Waals surface area contributed by atoms with Gasteiger partial charge in [0.1, 0.15) is 11.8 Å². The van der Waals surface area contributed by atoms with Crippen LogP contribution in [-0.4, -0.2) is 14.8 Å². The van der Waals surface area contributed by atoms with Crippen molar-refractivity contribution >= 4 is 55.4 Å². The molecule has 3 nitrogen and oxygen atoms in total. The van der Waals surface area contributed by atoms with E-state index >= 15 is 0 Å². The number of hydrogen-bond acceptors (Lipinski definition) is 3. The van der Waals surface area contributed by atoms with E-state index < -0.39 is 11.9 Å². The molecule has 1 aliphatic heterocycles. The fourth-order valence-electron chi connectivity index (χ4n) is 2.69. The van der Waals surface area contributed by atoms with Crippen LogP contribution in [0.1, 0.15) is 11.3 Å². The first kappa shape index (κ1) is 20.3. The second kappa shape index (κ2) is 7.92. The van der Waals surface area contributed by atoms with Crippen molar-refractivity contribution in [3.05, 3.63) is 56.8 Å². The molecule has 27 heavy (non-hydrogen) atoms. The van der Waals surface area contributed by atoms with Crippen molar-refractivity contribution in [1.29, 1.82) is 5.26 Å². The molecule has 2 aromatic rings. The topological polar surface area (TPSA) is 41.1 Å². The van der Waals surface area contributed by atoms with E-state index in [0.29, 0.717) is 26.4 Å². The third kappa shape index (κ3) is 4.21. The van der Waals surface area contributed by atoms with Crippen LogP contribution in [0.25, 0.3) is 11.3 Å². The van der Waals surface area contributed by atoms with E-state index in [1.807, 2.05) is 6.07 Å². The molecule has 3 rings (SSSR count). The third-order valence-corrected chi connectivity index (χ3v) is 6.10. The van der Waals surface area contributed by atoms with Crippen LogP contribution in [0.15, 0.2) is 45.5 Å². The predicted octanol–water partition coefficient (Wildman–Crippen LogP) is 6.69. The van der Waals surface area contributed by atoms with Gasteiger partial charge in [-0.2, -0.15) is 18.4 Å². The Labute approximate surface area is 175 Å². The van der Waals surface area contributed by atoms with Crippen molar-refractivity contribution in [3.63, 3.8) is 0 Å². The van der Waals surface area contributed by atoms with E-state index in [1.165, 1.54) is 18.0 Å². The van der Waals surface area contributed by atoms with Crippen LogP contribution in [0.5, 0.6) is 0 Å². The van der Waals surface area contributed by atoms with Crippen molar-refractivity contribution < 1.29 is 13.2 Å². The molecule has 0 bridgehead atoms. The van der Waals surface area contributed by atoms with Gasteiger partial charge in [-0.25, -0.2) is 4.99 Å². The molecule has 0 unspecified atom stereocenters. The third-order valence-electron chi connectivity index (χ3n) is 3.79. The molecule has 0 radical (unpaired) electrons. The highest BCUT2D eigenvalue weighted by Crippen LogP contribution is 2.43. The van der Waals surface area contributed by atoms with Crippen molar-refractivity contribution in [2.45, 2.75) is 12.7 Å². The van der Waals surface area contributed by atoms with Gasteiger partial charge in [0.15, 0.2) is 4.50 Å². The van der Waals surface area contributed by atoms with Gasteiger partial charge in [0, 0.05) is 23.5 Å². The number of nitrogens with zero attached hydrogens (tertiary/aromatic N) is 3. The highest BCUT2D eigenvalue weighted by molar-refractivity contribution is 9.10. The van der Waals surface area contributed by atoms with Crippen LogP contribution in [0, 0.1) is 11.3 Å². The van der Waals surface area contributed by atoms with E-state index in [4.69, 9.17) is 23.2 Å². The van der Waals surface area contributed by atoms with E-state index in [0.717, 1.165) is 4.57 Å². The number of nitriles is 1. The minimum atomic E-state index is -4.65. The highest BCUT2D eigenvalue weighted by Gasteiger charge is 2.41. The van der Waals surface area contributed by atoms with Crippen LogP contribution >= 0.6 is 50.9 Å². The number of halogens is 6. The first-order valence-corrected chi connectivity index (χ1v) is 9.95. The van der Waals surface area contributed by atoms with Crippen LogP contribution in [0.4, 0.5) is 13.2 Å². The fourth-order valence-corrected chi connectivity index (χ4v) is 4.34. The lowest BCUT2D eigenvalue weighted by Gasteiger charge is -2.18. The van der Waals surface area contributed by atoms with Gasteiger partial charge in [-0.15, -0.1) is 0 Å². The van der Waals surface area contributed by atoms with Crippen molar-refractivity contribution in [1.82, 2.24) is 4.57 Å². The lowest BCUT2D eigenvalue weighted by Crippen LogP contribution is -2.17. The molecular formula is C17H9BrCl2F3N3S. The average Bonchev–Trinajstić information content (AvgIpc) is 2.89. The summed E-state index contributed by atoms with van der Waals surface area (Å²) < 4.78 is 42.5. The SMILES string of the molecule is N#Cc1c(Br)c(C(F)(F)F)n(CC2=CN=C(Cl)SC2)c1-c1ccc(Cl)cc1.